The summed E-state index contributed by atoms with van der Waals surface area (Å²) in [6, 6.07) is 1.38. The fourth-order valence-electron chi connectivity index (χ4n) is 1.04. The summed E-state index contributed by atoms with van der Waals surface area (Å²) in [5.74, 6) is 0. The van der Waals surface area contributed by atoms with Crippen molar-refractivity contribution in [3.05, 3.63) is 20.3 Å². The Morgan fingerprint density at radius 2 is 2.00 bits per heavy atom. The molecular formula is C8H7Cl2F3OS. The average Bonchev–Trinajstić information content (AvgIpc) is 2.40. The highest BCUT2D eigenvalue weighted by atomic mass is 35.5. The van der Waals surface area contributed by atoms with E-state index >= 15 is 0 Å². The van der Waals surface area contributed by atoms with Crippen molar-refractivity contribution in [3.8, 4) is 0 Å². The van der Waals surface area contributed by atoms with Gasteiger partial charge >= 0.3 is 6.18 Å². The first-order valence-electron chi connectivity index (χ1n) is 3.99. The zero-order valence-electron chi connectivity index (χ0n) is 7.31. The molecule has 0 aliphatic carbocycles. The molecule has 1 unspecified atom stereocenters. The molecule has 0 radical (unpaired) electrons. The molecule has 0 spiro atoms. The maximum Gasteiger partial charge on any atom is 0.389 e. The molecule has 0 fully saturated rings. The number of alkyl halides is 3. The summed E-state index contributed by atoms with van der Waals surface area (Å²) in [5.41, 5.74) is 0.260. The van der Waals surface area contributed by atoms with Gasteiger partial charge in [-0.3, -0.25) is 0 Å². The highest BCUT2D eigenvalue weighted by Crippen LogP contribution is 2.37. The van der Waals surface area contributed by atoms with Crippen molar-refractivity contribution in [1.82, 2.24) is 0 Å². The summed E-state index contributed by atoms with van der Waals surface area (Å²) in [4.78, 5) is 0. The molecule has 0 aromatic carbocycles. The maximum atomic E-state index is 11.9. The Morgan fingerprint density at radius 3 is 2.40 bits per heavy atom. The molecule has 1 atom stereocenters. The van der Waals surface area contributed by atoms with Crippen molar-refractivity contribution in [1.29, 1.82) is 0 Å². The fraction of sp³-hybridized carbons (Fsp3) is 0.500. The number of thiophene rings is 1. The molecule has 7 heteroatoms. The maximum absolute atomic E-state index is 11.9. The van der Waals surface area contributed by atoms with Crippen LogP contribution in [0.15, 0.2) is 6.07 Å². The molecule has 0 saturated heterocycles. The Labute approximate surface area is 98.4 Å². The topological polar surface area (TPSA) is 20.2 Å². The summed E-state index contributed by atoms with van der Waals surface area (Å²) >= 11 is 12.3. The van der Waals surface area contributed by atoms with Crippen LogP contribution >= 0.6 is 34.5 Å². The molecule has 1 N–H and O–H groups in total. The Bertz CT molecular complexity index is 337. The minimum absolute atomic E-state index is 0.231. The lowest BCUT2D eigenvalue weighted by molar-refractivity contribution is -0.140. The fourth-order valence-corrected chi connectivity index (χ4v) is 2.60. The standard InChI is InChI=1S/C8H7Cl2F3OS/c9-6-3-4(7(10)15-6)5(14)1-2-8(11,12)13/h3,5,14H,1-2H2. The number of hydrogen-bond acceptors (Lipinski definition) is 2. The molecule has 86 valence electrons. The summed E-state index contributed by atoms with van der Waals surface area (Å²) in [6.07, 6.45) is -6.94. The lowest BCUT2D eigenvalue weighted by Gasteiger charge is -2.11. The van der Waals surface area contributed by atoms with E-state index in [4.69, 9.17) is 23.2 Å². The van der Waals surface area contributed by atoms with Gasteiger partial charge < -0.3 is 5.11 Å². The van der Waals surface area contributed by atoms with Crippen LogP contribution < -0.4 is 0 Å². The summed E-state index contributed by atoms with van der Waals surface area (Å²) in [7, 11) is 0. The van der Waals surface area contributed by atoms with Gasteiger partial charge in [0.15, 0.2) is 0 Å². The van der Waals surface area contributed by atoms with Gasteiger partial charge in [-0.1, -0.05) is 23.2 Å². The van der Waals surface area contributed by atoms with Gasteiger partial charge in [0, 0.05) is 12.0 Å². The van der Waals surface area contributed by atoms with Crippen molar-refractivity contribution in [2.45, 2.75) is 25.1 Å². The number of halogens is 5. The molecule has 15 heavy (non-hydrogen) atoms. The van der Waals surface area contributed by atoms with Crippen LogP contribution in [0.1, 0.15) is 24.5 Å². The van der Waals surface area contributed by atoms with Crippen LogP contribution in [0.4, 0.5) is 13.2 Å². The van der Waals surface area contributed by atoms with Gasteiger partial charge in [-0.05, 0) is 12.5 Å². The van der Waals surface area contributed by atoms with E-state index in [2.05, 4.69) is 0 Å². The van der Waals surface area contributed by atoms with E-state index in [1.54, 1.807) is 0 Å². The second kappa shape index (κ2) is 4.91. The minimum Gasteiger partial charge on any atom is -0.388 e. The molecule has 1 aromatic heterocycles. The third kappa shape index (κ3) is 4.18. The molecule has 1 heterocycles. The van der Waals surface area contributed by atoms with Crippen molar-refractivity contribution in [2.75, 3.05) is 0 Å². The predicted octanol–water partition coefficient (Wildman–Crippen LogP) is 4.43. The van der Waals surface area contributed by atoms with Gasteiger partial charge in [0.05, 0.1) is 10.4 Å². The van der Waals surface area contributed by atoms with Gasteiger partial charge in [-0.25, -0.2) is 0 Å². The molecule has 0 bridgehead atoms. The second-order valence-corrected chi connectivity index (χ2v) is 5.23. The Balaban J connectivity index is 2.61. The molecule has 0 aliphatic rings. The van der Waals surface area contributed by atoms with Gasteiger partial charge in [0.2, 0.25) is 0 Å². The SMILES string of the molecule is OC(CCC(F)(F)F)c1cc(Cl)sc1Cl. The largest absolute Gasteiger partial charge is 0.389 e. The summed E-state index contributed by atoms with van der Waals surface area (Å²) < 4.78 is 36.2. The van der Waals surface area contributed by atoms with E-state index in [9.17, 15) is 18.3 Å². The van der Waals surface area contributed by atoms with Crippen molar-refractivity contribution in [3.63, 3.8) is 0 Å². The molecular weight excluding hydrogens is 272 g/mol. The molecule has 1 aromatic rings. The third-order valence-corrected chi connectivity index (χ3v) is 3.26. The zero-order chi connectivity index (χ0) is 11.6. The van der Waals surface area contributed by atoms with Crippen LogP contribution in [0.5, 0.6) is 0 Å². The lowest BCUT2D eigenvalue weighted by Crippen LogP contribution is -2.09. The van der Waals surface area contributed by atoms with E-state index in [1.165, 1.54) is 6.07 Å². The quantitative estimate of drug-likeness (QED) is 0.867. The minimum atomic E-state index is -4.27. The molecule has 1 nitrogen and oxygen atoms in total. The number of aliphatic hydroxyl groups excluding tert-OH is 1. The number of aliphatic hydroxyl groups is 1. The van der Waals surface area contributed by atoms with Gasteiger partial charge in [-0.2, -0.15) is 13.2 Å². The van der Waals surface area contributed by atoms with Crippen LogP contribution in [0.25, 0.3) is 0 Å². The zero-order valence-corrected chi connectivity index (χ0v) is 9.64. The first kappa shape index (κ1) is 13.1. The number of hydrogen-bond donors (Lipinski definition) is 1. The smallest absolute Gasteiger partial charge is 0.388 e. The molecule has 0 saturated carbocycles. The van der Waals surface area contributed by atoms with E-state index in [0.29, 0.717) is 4.34 Å². The van der Waals surface area contributed by atoms with Crippen molar-refractivity contribution < 1.29 is 18.3 Å². The van der Waals surface area contributed by atoms with Gasteiger partial charge in [-0.15, -0.1) is 11.3 Å². The normalized spacial score (nSPS) is 14.3. The first-order valence-corrected chi connectivity index (χ1v) is 5.56. The lowest BCUT2D eigenvalue weighted by atomic mass is 10.1. The van der Waals surface area contributed by atoms with E-state index in [0.717, 1.165) is 11.3 Å². The van der Waals surface area contributed by atoms with Gasteiger partial charge in [0.25, 0.3) is 0 Å². The van der Waals surface area contributed by atoms with E-state index in [1.807, 2.05) is 0 Å². The molecule has 0 aliphatic heterocycles. The highest BCUT2D eigenvalue weighted by Gasteiger charge is 2.29. The summed E-state index contributed by atoms with van der Waals surface area (Å²) in [6.45, 7) is 0. The van der Waals surface area contributed by atoms with Gasteiger partial charge in [0.1, 0.15) is 4.34 Å². The Morgan fingerprint density at radius 1 is 1.40 bits per heavy atom. The average molecular weight is 279 g/mol. The Kier molecular flexibility index (Phi) is 4.29. The molecule has 1 rings (SSSR count). The first-order chi connectivity index (χ1) is 6.79. The predicted molar refractivity (Wildman–Crippen MR) is 54.6 cm³/mol. The Hall–Kier alpha value is 0.0300. The summed E-state index contributed by atoms with van der Waals surface area (Å²) in [5, 5.41) is 9.44. The van der Waals surface area contributed by atoms with Crippen LogP contribution in [0, 0.1) is 0 Å². The van der Waals surface area contributed by atoms with Crippen LogP contribution in [-0.4, -0.2) is 11.3 Å². The van der Waals surface area contributed by atoms with Crippen LogP contribution in [-0.2, 0) is 0 Å². The van der Waals surface area contributed by atoms with Crippen molar-refractivity contribution in [2.24, 2.45) is 0 Å². The van der Waals surface area contributed by atoms with E-state index < -0.39 is 25.1 Å². The third-order valence-electron chi connectivity index (χ3n) is 1.74. The number of rotatable bonds is 3. The molecule has 0 amide bonds. The monoisotopic (exact) mass is 278 g/mol. The second-order valence-electron chi connectivity index (χ2n) is 2.95. The van der Waals surface area contributed by atoms with Crippen LogP contribution in [0.3, 0.4) is 0 Å². The van der Waals surface area contributed by atoms with Crippen LogP contribution in [0.2, 0.25) is 8.67 Å². The highest BCUT2D eigenvalue weighted by molar-refractivity contribution is 7.20. The van der Waals surface area contributed by atoms with Crippen molar-refractivity contribution >= 4 is 34.5 Å². The van der Waals surface area contributed by atoms with E-state index in [-0.39, 0.29) is 9.90 Å².